The average Bonchev–Trinajstić information content (AvgIpc) is 3.33. The van der Waals surface area contributed by atoms with E-state index < -0.39 is 9.84 Å². The summed E-state index contributed by atoms with van der Waals surface area (Å²) in [6.45, 7) is 0.422. The van der Waals surface area contributed by atoms with Crippen molar-refractivity contribution in [2.45, 2.75) is 16.4 Å². The van der Waals surface area contributed by atoms with E-state index in [1.54, 1.807) is 54.4 Å². The Balaban J connectivity index is 1.72. The van der Waals surface area contributed by atoms with Gasteiger partial charge in [0.05, 0.1) is 23.1 Å². The molecular formula is C23H19N3O5S. The third kappa shape index (κ3) is 4.10. The van der Waals surface area contributed by atoms with Crippen molar-refractivity contribution in [2.75, 3.05) is 7.11 Å². The van der Waals surface area contributed by atoms with Gasteiger partial charge in [-0.25, -0.2) is 13.1 Å². The normalized spacial score (nSPS) is 11.2. The van der Waals surface area contributed by atoms with Crippen LogP contribution in [-0.2, 0) is 26.0 Å². The number of hydrogen-bond donors (Lipinski definition) is 0. The van der Waals surface area contributed by atoms with Crippen LogP contribution in [0, 0.1) is 0 Å². The lowest BCUT2D eigenvalue weighted by Gasteiger charge is -2.10. The van der Waals surface area contributed by atoms with Gasteiger partial charge >= 0.3 is 0 Å². The summed E-state index contributed by atoms with van der Waals surface area (Å²) in [7, 11) is -2.27. The Morgan fingerprint density at radius 1 is 0.969 bits per heavy atom. The molecule has 4 aromatic rings. The highest BCUT2D eigenvalue weighted by molar-refractivity contribution is 7.91. The first kappa shape index (κ1) is 21.3. The van der Waals surface area contributed by atoms with Gasteiger partial charge in [0.25, 0.3) is 6.47 Å². The van der Waals surface area contributed by atoms with Gasteiger partial charge in [0.15, 0.2) is 0 Å². The van der Waals surface area contributed by atoms with E-state index >= 15 is 0 Å². The number of carbonyl (C=O) groups is 1. The maximum Gasteiger partial charge on any atom is 0.293 e. The quantitative estimate of drug-likeness (QED) is 0.380. The molecule has 0 aliphatic carbocycles. The van der Waals surface area contributed by atoms with Crippen molar-refractivity contribution in [2.24, 2.45) is 0 Å². The Kier molecular flexibility index (Phi) is 6.00. The predicted molar refractivity (Wildman–Crippen MR) is 116 cm³/mol. The van der Waals surface area contributed by atoms with Crippen LogP contribution in [0.3, 0.4) is 0 Å². The largest absolute Gasteiger partial charge is 0.494 e. The van der Waals surface area contributed by atoms with Crippen LogP contribution >= 0.6 is 0 Å². The molecule has 8 nitrogen and oxygen atoms in total. The molecule has 0 bridgehead atoms. The van der Waals surface area contributed by atoms with E-state index in [1.165, 1.54) is 18.2 Å². The lowest BCUT2D eigenvalue weighted by atomic mass is 10.2. The standard InChI is InChI=1S/C23H19N3O5S/c1-30-22-8-4-3-7-21(22)26-14-20(24-25-26)19-6-2-5-9-23(19)32(28,29)18-12-10-17(11-13-18)15-31-16-27/h2-14,16H,15H2,1H3. The number of para-hydroxylation sites is 2. The highest BCUT2D eigenvalue weighted by atomic mass is 32.2. The number of carbonyl (C=O) groups excluding carboxylic acids is 1. The minimum atomic E-state index is -3.84. The molecule has 0 atom stereocenters. The molecule has 0 spiro atoms. The second-order valence-corrected chi connectivity index (χ2v) is 8.69. The van der Waals surface area contributed by atoms with Crippen LogP contribution in [0.2, 0.25) is 0 Å². The fourth-order valence-corrected chi connectivity index (χ4v) is 4.73. The molecule has 0 unspecified atom stereocenters. The molecule has 32 heavy (non-hydrogen) atoms. The highest BCUT2D eigenvalue weighted by Crippen LogP contribution is 2.31. The molecule has 1 aromatic heterocycles. The molecule has 0 radical (unpaired) electrons. The molecule has 0 aliphatic heterocycles. The lowest BCUT2D eigenvalue weighted by Crippen LogP contribution is -2.04. The van der Waals surface area contributed by atoms with Gasteiger partial charge in [-0.05, 0) is 35.9 Å². The SMILES string of the molecule is COc1ccccc1-n1cc(-c2ccccc2S(=O)(=O)c2ccc(COC=O)cc2)nn1. The molecule has 3 aromatic carbocycles. The van der Waals surface area contributed by atoms with Crippen LogP contribution in [0.15, 0.2) is 88.8 Å². The Bertz CT molecular complexity index is 1350. The molecule has 0 aliphatic rings. The number of ether oxygens (including phenoxy) is 2. The first-order valence-electron chi connectivity index (χ1n) is 9.59. The van der Waals surface area contributed by atoms with E-state index in [4.69, 9.17) is 9.47 Å². The van der Waals surface area contributed by atoms with Crippen molar-refractivity contribution in [3.8, 4) is 22.7 Å². The first-order chi connectivity index (χ1) is 15.5. The van der Waals surface area contributed by atoms with Crippen LogP contribution in [-0.4, -0.2) is 37.0 Å². The van der Waals surface area contributed by atoms with Gasteiger partial charge in [-0.1, -0.05) is 47.7 Å². The summed E-state index contributed by atoms with van der Waals surface area (Å²) < 4.78 is 38.4. The van der Waals surface area contributed by atoms with Crippen molar-refractivity contribution in [3.05, 3.63) is 84.6 Å². The summed E-state index contributed by atoms with van der Waals surface area (Å²) >= 11 is 0. The smallest absolute Gasteiger partial charge is 0.293 e. The molecule has 0 amide bonds. The number of sulfone groups is 1. The molecule has 0 N–H and O–H groups in total. The summed E-state index contributed by atoms with van der Waals surface area (Å²) in [6, 6.07) is 20.2. The van der Waals surface area contributed by atoms with Gasteiger partial charge in [-0.3, -0.25) is 4.79 Å². The summed E-state index contributed by atoms with van der Waals surface area (Å²) in [4.78, 5) is 10.6. The summed E-state index contributed by atoms with van der Waals surface area (Å²) in [5.41, 5.74) is 2.21. The maximum absolute atomic E-state index is 13.4. The van der Waals surface area contributed by atoms with Crippen molar-refractivity contribution in [1.29, 1.82) is 0 Å². The minimum absolute atomic E-state index is 0.0759. The Morgan fingerprint density at radius 3 is 2.44 bits per heavy atom. The summed E-state index contributed by atoms with van der Waals surface area (Å²) in [5, 5.41) is 8.35. The zero-order valence-corrected chi connectivity index (χ0v) is 17.9. The fourth-order valence-electron chi connectivity index (χ4n) is 3.26. The zero-order valence-electron chi connectivity index (χ0n) is 17.1. The Labute approximate surface area is 185 Å². The number of hydrogen-bond acceptors (Lipinski definition) is 7. The Morgan fingerprint density at radius 2 is 1.69 bits per heavy atom. The van der Waals surface area contributed by atoms with Crippen LogP contribution in [0.5, 0.6) is 5.75 Å². The number of aromatic nitrogens is 3. The molecule has 0 fully saturated rings. The average molecular weight is 449 g/mol. The minimum Gasteiger partial charge on any atom is -0.494 e. The van der Waals surface area contributed by atoms with Crippen molar-refractivity contribution < 1.29 is 22.7 Å². The van der Waals surface area contributed by atoms with E-state index in [0.29, 0.717) is 34.7 Å². The van der Waals surface area contributed by atoms with Crippen molar-refractivity contribution >= 4 is 16.3 Å². The third-order valence-electron chi connectivity index (χ3n) is 4.83. The van der Waals surface area contributed by atoms with Crippen LogP contribution < -0.4 is 4.74 Å². The molecular weight excluding hydrogens is 430 g/mol. The summed E-state index contributed by atoms with van der Waals surface area (Å²) in [6.07, 6.45) is 1.66. The third-order valence-corrected chi connectivity index (χ3v) is 6.66. The van der Waals surface area contributed by atoms with Crippen LogP contribution in [0.1, 0.15) is 5.56 Å². The van der Waals surface area contributed by atoms with Crippen molar-refractivity contribution in [1.82, 2.24) is 15.0 Å². The van der Waals surface area contributed by atoms with Gasteiger partial charge in [-0.2, -0.15) is 0 Å². The van der Waals surface area contributed by atoms with Crippen molar-refractivity contribution in [3.63, 3.8) is 0 Å². The van der Waals surface area contributed by atoms with Gasteiger partial charge in [-0.15, -0.1) is 5.10 Å². The van der Waals surface area contributed by atoms with Gasteiger partial charge in [0.2, 0.25) is 9.84 Å². The Hall–Kier alpha value is -3.98. The number of methoxy groups -OCH3 is 1. The van der Waals surface area contributed by atoms with Gasteiger partial charge in [0.1, 0.15) is 23.7 Å². The lowest BCUT2D eigenvalue weighted by molar-refractivity contribution is -0.129. The molecule has 4 rings (SSSR count). The van der Waals surface area contributed by atoms with E-state index in [0.717, 1.165) is 0 Å². The van der Waals surface area contributed by atoms with E-state index in [-0.39, 0.29) is 16.4 Å². The number of nitrogens with zero attached hydrogens (tertiary/aromatic N) is 3. The monoisotopic (exact) mass is 449 g/mol. The molecule has 0 saturated heterocycles. The van der Waals surface area contributed by atoms with Crippen LogP contribution in [0.25, 0.3) is 16.9 Å². The van der Waals surface area contributed by atoms with E-state index in [2.05, 4.69) is 10.3 Å². The second-order valence-electron chi connectivity index (χ2n) is 6.77. The van der Waals surface area contributed by atoms with E-state index in [9.17, 15) is 13.2 Å². The maximum atomic E-state index is 13.4. The van der Waals surface area contributed by atoms with Crippen LogP contribution in [0.4, 0.5) is 0 Å². The number of benzene rings is 3. The van der Waals surface area contributed by atoms with Gasteiger partial charge in [0, 0.05) is 5.56 Å². The number of rotatable bonds is 8. The molecule has 1 heterocycles. The highest BCUT2D eigenvalue weighted by Gasteiger charge is 2.23. The topological polar surface area (TPSA) is 100 Å². The zero-order chi connectivity index (χ0) is 22.6. The first-order valence-corrected chi connectivity index (χ1v) is 11.1. The summed E-state index contributed by atoms with van der Waals surface area (Å²) in [5.74, 6) is 0.614. The molecule has 162 valence electrons. The molecule has 0 saturated carbocycles. The second kappa shape index (κ2) is 9.03. The van der Waals surface area contributed by atoms with Gasteiger partial charge < -0.3 is 9.47 Å². The fraction of sp³-hybridized carbons (Fsp3) is 0.0870. The van der Waals surface area contributed by atoms with E-state index in [1.807, 2.05) is 18.2 Å². The predicted octanol–water partition coefficient (Wildman–Crippen LogP) is 3.45. The molecule has 9 heteroatoms.